The van der Waals surface area contributed by atoms with Gasteiger partial charge in [-0.3, -0.25) is 0 Å². The van der Waals surface area contributed by atoms with Crippen LogP contribution in [0.5, 0.6) is 0 Å². The van der Waals surface area contributed by atoms with E-state index in [1.165, 1.54) is 0 Å². The summed E-state index contributed by atoms with van der Waals surface area (Å²) in [6.07, 6.45) is -1.80. The number of carbonyl (C=O) groups excluding carboxylic acids is 2. The first-order valence-corrected chi connectivity index (χ1v) is 6.57. The van der Waals surface area contributed by atoms with Gasteiger partial charge in [0.15, 0.2) is 0 Å². The minimum absolute atomic E-state index is 0.403. The van der Waals surface area contributed by atoms with Gasteiger partial charge in [0, 0.05) is 0 Å². The fourth-order valence-corrected chi connectivity index (χ4v) is 2.11. The molecule has 0 radical (unpaired) electrons. The van der Waals surface area contributed by atoms with Crippen LogP contribution in [0, 0.1) is 0 Å². The van der Waals surface area contributed by atoms with E-state index >= 15 is 0 Å². The zero-order chi connectivity index (χ0) is 14.9. The molecule has 0 unspecified atom stereocenters. The van der Waals surface area contributed by atoms with Crippen molar-refractivity contribution in [3.05, 3.63) is 35.9 Å². The average molecular weight is 277 g/mol. The fourth-order valence-electron chi connectivity index (χ4n) is 2.11. The van der Waals surface area contributed by atoms with E-state index in [1.54, 1.807) is 27.7 Å². The van der Waals surface area contributed by atoms with Crippen LogP contribution in [0.1, 0.15) is 39.4 Å². The number of hydrogen-bond donors (Lipinski definition) is 0. The summed E-state index contributed by atoms with van der Waals surface area (Å²) in [6.45, 7) is 7.04. The zero-order valence-electron chi connectivity index (χ0n) is 12.1. The minimum atomic E-state index is -0.673. The fraction of sp³-hybridized carbons (Fsp3) is 0.467. The van der Waals surface area contributed by atoms with Crippen LogP contribution in [0.25, 0.3) is 0 Å². The predicted molar refractivity (Wildman–Crippen MR) is 73.2 cm³/mol. The zero-order valence-corrected chi connectivity index (χ0v) is 12.1. The normalized spacial score (nSPS) is 22.6. The quantitative estimate of drug-likeness (QED) is 0.788. The van der Waals surface area contributed by atoms with Crippen molar-refractivity contribution in [2.24, 2.45) is 0 Å². The number of imide groups is 1. The van der Waals surface area contributed by atoms with Crippen molar-refractivity contribution in [3.8, 4) is 0 Å². The third kappa shape index (κ3) is 2.92. The molecule has 5 nitrogen and oxygen atoms in total. The molecular weight excluding hydrogens is 258 g/mol. The van der Waals surface area contributed by atoms with E-state index in [0.29, 0.717) is 0 Å². The van der Waals surface area contributed by atoms with Crippen molar-refractivity contribution in [2.45, 2.75) is 45.4 Å². The predicted octanol–water partition coefficient (Wildman–Crippen LogP) is 3.50. The molecule has 1 aromatic rings. The van der Waals surface area contributed by atoms with Crippen molar-refractivity contribution < 1.29 is 19.1 Å². The first-order valence-electron chi connectivity index (χ1n) is 6.57. The molecule has 1 aliphatic heterocycles. The van der Waals surface area contributed by atoms with Crippen LogP contribution in [0.3, 0.4) is 0 Å². The first kappa shape index (κ1) is 14.4. The van der Waals surface area contributed by atoms with E-state index in [0.717, 1.165) is 10.5 Å². The van der Waals surface area contributed by atoms with Gasteiger partial charge < -0.3 is 9.47 Å². The van der Waals surface area contributed by atoms with Gasteiger partial charge in [0.05, 0.1) is 6.04 Å². The van der Waals surface area contributed by atoms with Crippen LogP contribution < -0.4 is 0 Å². The lowest BCUT2D eigenvalue weighted by molar-refractivity contribution is 0.0297. The number of hydrogen-bond acceptors (Lipinski definition) is 4. The lowest BCUT2D eigenvalue weighted by Crippen LogP contribution is -2.41. The van der Waals surface area contributed by atoms with E-state index in [9.17, 15) is 9.59 Å². The SMILES string of the molecule is C[C@@H]1[C@@H](c2ccccc2)OC(=O)N1C(=O)OC(C)(C)C. The molecule has 1 aromatic carbocycles. The van der Waals surface area contributed by atoms with Crippen molar-refractivity contribution in [1.29, 1.82) is 0 Å². The molecule has 5 heteroatoms. The van der Waals surface area contributed by atoms with Gasteiger partial charge in [-0.05, 0) is 33.3 Å². The molecule has 2 amide bonds. The largest absolute Gasteiger partial charge is 0.443 e. The maximum atomic E-state index is 12.1. The Morgan fingerprint density at radius 2 is 1.85 bits per heavy atom. The Labute approximate surface area is 118 Å². The lowest BCUT2D eigenvalue weighted by Gasteiger charge is -2.24. The van der Waals surface area contributed by atoms with Crippen molar-refractivity contribution >= 4 is 12.2 Å². The molecule has 0 N–H and O–H groups in total. The lowest BCUT2D eigenvalue weighted by atomic mass is 10.0. The van der Waals surface area contributed by atoms with Gasteiger partial charge in [-0.25, -0.2) is 14.5 Å². The Kier molecular flexibility index (Phi) is 3.70. The summed E-state index contributed by atoms with van der Waals surface area (Å²) < 4.78 is 10.5. The molecule has 1 heterocycles. The van der Waals surface area contributed by atoms with Gasteiger partial charge in [0.1, 0.15) is 11.7 Å². The molecule has 1 saturated heterocycles. The van der Waals surface area contributed by atoms with Gasteiger partial charge >= 0.3 is 12.2 Å². The van der Waals surface area contributed by atoms with Crippen LogP contribution in [0.15, 0.2) is 30.3 Å². The summed E-state index contributed by atoms with van der Waals surface area (Å²) in [6, 6.07) is 8.95. The summed E-state index contributed by atoms with van der Waals surface area (Å²) in [5.41, 5.74) is 0.210. The second-order valence-electron chi connectivity index (χ2n) is 5.81. The van der Waals surface area contributed by atoms with Crippen LogP contribution in [-0.4, -0.2) is 28.7 Å². The number of carbonyl (C=O) groups is 2. The van der Waals surface area contributed by atoms with Crippen molar-refractivity contribution in [3.63, 3.8) is 0 Å². The van der Waals surface area contributed by atoms with E-state index in [2.05, 4.69) is 0 Å². The van der Waals surface area contributed by atoms with Crippen molar-refractivity contribution in [2.75, 3.05) is 0 Å². The summed E-state index contributed by atoms with van der Waals surface area (Å²) >= 11 is 0. The molecule has 20 heavy (non-hydrogen) atoms. The summed E-state index contributed by atoms with van der Waals surface area (Å²) in [4.78, 5) is 25.0. The number of nitrogens with zero attached hydrogens (tertiary/aromatic N) is 1. The molecule has 2 rings (SSSR count). The van der Waals surface area contributed by atoms with Gasteiger partial charge in [0.2, 0.25) is 0 Å². The Bertz CT molecular complexity index is 506. The second-order valence-corrected chi connectivity index (χ2v) is 5.81. The summed E-state index contributed by atoms with van der Waals surface area (Å²) in [7, 11) is 0. The van der Waals surface area contributed by atoms with Crippen LogP contribution >= 0.6 is 0 Å². The Balaban J connectivity index is 2.17. The Morgan fingerprint density at radius 1 is 1.25 bits per heavy atom. The van der Waals surface area contributed by atoms with Crippen LogP contribution in [-0.2, 0) is 9.47 Å². The number of cyclic esters (lactones) is 1. The molecule has 0 spiro atoms. The topological polar surface area (TPSA) is 55.8 Å². The smallest absolute Gasteiger partial charge is 0.420 e. The third-order valence-electron chi connectivity index (χ3n) is 2.99. The van der Waals surface area contributed by atoms with Crippen molar-refractivity contribution in [1.82, 2.24) is 4.90 Å². The Hall–Kier alpha value is -2.04. The van der Waals surface area contributed by atoms with E-state index in [4.69, 9.17) is 9.47 Å². The van der Waals surface area contributed by atoms with E-state index in [-0.39, 0.29) is 0 Å². The van der Waals surface area contributed by atoms with E-state index < -0.39 is 29.9 Å². The van der Waals surface area contributed by atoms with Gasteiger partial charge in [-0.1, -0.05) is 30.3 Å². The molecular formula is C15H19NO4. The van der Waals surface area contributed by atoms with Gasteiger partial charge in [-0.2, -0.15) is 0 Å². The maximum absolute atomic E-state index is 12.1. The number of amides is 2. The average Bonchev–Trinajstić information content (AvgIpc) is 2.64. The second kappa shape index (κ2) is 5.15. The maximum Gasteiger partial charge on any atom is 0.420 e. The molecule has 2 atom stereocenters. The molecule has 0 aromatic heterocycles. The molecule has 0 aliphatic carbocycles. The number of ether oxygens (including phenoxy) is 2. The highest BCUT2D eigenvalue weighted by atomic mass is 16.6. The first-order chi connectivity index (χ1) is 9.29. The highest BCUT2D eigenvalue weighted by Gasteiger charge is 2.45. The third-order valence-corrected chi connectivity index (χ3v) is 2.99. The molecule has 0 bridgehead atoms. The van der Waals surface area contributed by atoms with E-state index in [1.807, 2.05) is 30.3 Å². The van der Waals surface area contributed by atoms with Gasteiger partial charge in [0.25, 0.3) is 0 Å². The van der Waals surface area contributed by atoms with Gasteiger partial charge in [-0.15, -0.1) is 0 Å². The van der Waals surface area contributed by atoms with Crippen LogP contribution in [0.4, 0.5) is 9.59 Å². The molecule has 108 valence electrons. The Morgan fingerprint density at radius 3 is 2.40 bits per heavy atom. The highest BCUT2D eigenvalue weighted by molar-refractivity contribution is 5.90. The number of benzene rings is 1. The minimum Gasteiger partial charge on any atom is -0.443 e. The molecule has 1 fully saturated rings. The molecule has 0 saturated carbocycles. The molecule has 1 aliphatic rings. The summed E-state index contributed by atoms with van der Waals surface area (Å²) in [5.74, 6) is 0. The number of rotatable bonds is 1. The highest BCUT2D eigenvalue weighted by Crippen LogP contribution is 2.33. The van der Waals surface area contributed by atoms with Crippen LogP contribution in [0.2, 0.25) is 0 Å². The summed E-state index contributed by atoms with van der Waals surface area (Å²) in [5, 5.41) is 0. The monoisotopic (exact) mass is 277 g/mol. The standard InChI is InChI=1S/C15H19NO4/c1-10-12(11-8-6-5-7-9-11)19-13(17)16(10)14(18)20-15(2,3)4/h5-10,12H,1-4H3/t10-,12+/m1/s1.